The molecule has 0 aliphatic carbocycles. The maximum Gasteiger partial charge on any atom is 0.245 e. The highest BCUT2D eigenvalue weighted by atomic mass is 16.5. The van der Waals surface area contributed by atoms with Crippen LogP contribution < -0.4 is 5.32 Å². The summed E-state index contributed by atoms with van der Waals surface area (Å²) in [6.45, 7) is 5.83. The molecule has 2 saturated heterocycles. The van der Waals surface area contributed by atoms with Crippen molar-refractivity contribution >= 4 is 11.8 Å². The molecule has 2 aliphatic rings. The first kappa shape index (κ1) is 15.3. The van der Waals surface area contributed by atoms with Crippen molar-refractivity contribution in [3.8, 4) is 0 Å². The van der Waals surface area contributed by atoms with Gasteiger partial charge in [-0.2, -0.15) is 0 Å². The second-order valence-corrected chi connectivity index (χ2v) is 6.02. The fourth-order valence-corrected chi connectivity index (χ4v) is 3.25. The maximum atomic E-state index is 12.6. The Labute approximate surface area is 121 Å². The van der Waals surface area contributed by atoms with Crippen molar-refractivity contribution in [1.29, 1.82) is 0 Å². The van der Waals surface area contributed by atoms with Gasteiger partial charge in [0.15, 0.2) is 0 Å². The lowest BCUT2D eigenvalue weighted by Gasteiger charge is -2.44. The molecule has 2 atom stereocenters. The molecule has 20 heavy (non-hydrogen) atoms. The third-order valence-electron chi connectivity index (χ3n) is 4.42. The summed E-state index contributed by atoms with van der Waals surface area (Å²) >= 11 is 0. The van der Waals surface area contributed by atoms with Crippen LogP contribution in [0.15, 0.2) is 0 Å². The molecule has 2 fully saturated rings. The Morgan fingerprint density at radius 1 is 1.50 bits per heavy atom. The molecule has 2 amide bonds. The molecule has 0 aromatic carbocycles. The number of rotatable bonds is 4. The van der Waals surface area contributed by atoms with Crippen molar-refractivity contribution in [3.63, 3.8) is 0 Å². The molecule has 1 N–H and O–H groups in total. The quantitative estimate of drug-likeness (QED) is 0.849. The van der Waals surface area contributed by atoms with Crippen molar-refractivity contribution in [1.82, 2.24) is 10.2 Å². The van der Waals surface area contributed by atoms with E-state index in [1.165, 1.54) is 0 Å². The lowest BCUT2D eigenvalue weighted by atomic mass is 9.90. The summed E-state index contributed by atoms with van der Waals surface area (Å²) < 4.78 is 5.65. The Morgan fingerprint density at radius 2 is 2.30 bits per heavy atom. The first-order valence-electron chi connectivity index (χ1n) is 7.78. The summed E-state index contributed by atoms with van der Waals surface area (Å²) in [5, 5.41) is 2.88. The van der Waals surface area contributed by atoms with E-state index in [4.69, 9.17) is 4.74 Å². The molecule has 2 aliphatic heterocycles. The number of ether oxygens (including phenoxy) is 1. The van der Waals surface area contributed by atoms with Crippen molar-refractivity contribution in [3.05, 3.63) is 0 Å². The SMILES string of the molecule is CCC[C@@]1(C)C(=O)NCCN1C(=O)C[C@H]1CCCCO1. The zero-order valence-electron chi connectivity index (χ0n) is 12.6. The second-order valence-electron chi connectivity index (χ2n) is 6.02. The highest BCUT2D eigenvalue weighted by Gasteiger charge is 2.43. The topological polar surface area (TPSA) is 58.6 Å². The number of hydrogen-bond acceptors (Lipinski definition) is 3. The minimum absolute atomic E-state index is 0.0245. The van der Waals surface area contributed by atoms with E-state index in [-0.39, 0.29) is 17.9 Å². The molecular formula is C15H26N2O3. The van der Waals surface area contributed by atoms with Gasteiger partial charge >= 0.3 is 0 Å². The van der Waals surface area contributed by atoms with Gasteiger partial charge in [-0.1, -0.05) is 13.3 Å². The first-order valence-corrected chi connectivity index (χ1v) is 7.78. The van der Waals surface area contributed by atoms with Crippen LogP contribution in [0.5, 0.6) is 0 Å². The molecule has 0 saturated carbocycles. The van der Waals surface area contributed by atoms with Crippen LogP contribution in [0.2, 0.25) is 0 Å². The van der Waals surface area contributed by atoms with Gasteiger partial charge in [-0.25, -0.2) is 0 Å². The second kappa shape index (κ2) is 6.57. The third-order valence-corrected chi connectivity index (χ3v) is 4.42. The summed E-state index contributed by atoms with van der Waals surface area (Å²) in [6, 6.07) is 0. The van der Waals surface area contributed by atoms with Crippen LogP contribution in [0, 0.1) is 0 Å². The van der Waals surface area contributed by atoms with Gasteiger partial charge in [-0.3, -0.25) is 9.59 Å². The molecule has 5 nitrogen and oxygen atoms in total. The number of carbonyl (C=O) groups excluding carboxylic acids is 2. The molecule has 0 bridgehead atoms. The molecule has 2 rings (SSSR count). The van der Waals surface area contributed by atoms with E-state index in [1.54, 1.807) is 4.90 Å². The lowest BCUT2D eigenvalue weighted by Crippen LogP contribution is -2.65. The van der Waals surface area contributed by atoms with Crippen LogP contribution >= 0.6 is 0 Å². The Bertz CT molecular complexity index is 366. The van der Waals surface area contributed by atoms with Gasteiger partial charge in [-0.05, 0) is 32.6 Å². The van der Waals surface area contributed by atoms with Gasteiger partial charge in [0.1, 0.15) is 5.54 Å². The van der Waals surface area contributed by atoms with E-state index >= 15 is 0 Å². The van der Waals surface area contributed by atoms with Crippen molar-refractivity contribution in [2.75, 3.05) is 19.7 Å². The van der Waals surface area contributed by atoms with Crippen LogP contribution in [-0.4, -0.2) is 48.1 Å². The van der Waals surface area contributed by atoms with Crippen molar-refractivity contribution in [2.45, 2.75) is 64.0 Å². The molecular weight excluding hydrogens is 256 g/mol. The van der Waals surface area contributed by atoms with Crippen LogP contribution in [0.25, 0.3) is 0 Å². The fraction of sp³-hybridized carbons (Fsp3) is 0.867. The predicted molar refractivity (Wildman–Crippen MR) is 76.2 cm³/mol. The van der Waals surface area contributed by atoms with E-state index in [2.05, 4.69) is 5.32 Å². The zero-order valence-corrected chi connectivity index (χ0v) is 12.6. The average molecular weight is 282 g/mol. The Balaban J connectivity index is 2.03. The molecule has 0 radical (unpaired) electrons. The number of amides is 2. The van der Waals surface area contributed by atoms with E-state index in [0.29, 0.717) is 25.9 Å². The molecule has 0 spiro atoms. The van der Waals surface area contributed by atoms with Crippen molar-refractivity contribution < 1.29 is 14.3 Å². The van der Waals surface area contributed by atoms with Crippen LogP contribution in [-0.2, 0) is 14.3 Å². The standard InChI is InChI=1S/C15H26N2O3/c1-3-7-15(2)14(19)16-8-9-17(15)13(18)11-12-6-4-5-10-20-12/h12H,3-11H2,1-2H3,(H,16,19)/t12-,15+/m1/s1. The number of piperazine rings is 1. The third kappa shape index (κ3) is 3.14. The Hall–Kier alpha value is -1.10. The molecule has 0 aromatic rings. The number of nitrogens with one attached hydrogen (secondary N) is 1. The smallest absolute Gasteiger partial charge is 0.245 e. The minimum Gasteiger partial charge on any atom is -0.378 e. The normalized spacial score (nSPS) is 31.0. The Morgan fingerprint density at radius 3 is 2.95 bits per heavy atom. The highest BCUT2D eigenvalue weighted by Crippen LogP contribution is 2.26. The molecule has 114 valence electrons. The fourth-order valence-electron chi connectivity index (χ4n) is 3.25. The van der Waals surface area contributed by atoms with Gasteiger partial charge in [0, 0.05) is 19.7 Å². The Kier molecular flexibility index (Phi) is 5.02. The van der Waals surface area contributed by atoms with E-state index in [9.17, 15) is 9.59 Å². The van der Waals surface area contributed by atoms with Gasteiger partial charge in [0.05, 0.1) is 12.5 Å². The van der Waals surface area contributed by atoms with Gasteiger partial charge in [-0.15, -0.1) is 0 Å². The number of hydrogen-bond donors (Lipinski definition) is 1. The van der Waals surface area contributed by atoms with Gasteiger partial charge in [0.2, 0.25) is 11.8 Å². The monoisotopic (exact) mass is 282 g/mol. The predicted octanol–water partition coefficient (Wildman–Crippen LogP) is 1.46. The highest BCUT2D eigenvalue weighted by molar-refractivity contribution is 5.92. The summed E-state index contributed by atoms with van der Waals surface area (Å²) in [7, 11) is 0. The van der Waals surface area contributed by atoms with Crippen LogP contribution in [0.3, 0.4) is 0 Å². The number of nitrogens with zero attached hydrogens (tertiary/aromatic N) is 1. The van der Waals surface area contributed by atoms with E-state index in [1.807, 2.05) is 13.8 Å². The number of carbonyl (C=O) groups is 2. The van der Waals surface area contributed by atoms with Crippen LogP contribution in [0.4, 0.5) is 0 Å². The van der Waals surface area contributed by atoms with Gasteiger partial charge in [0.25, 0.3) is 0 Å². The molecule has 5 heteroatoms. The zero-order chi connectivity index (χ0) is 14.6. The average Bonchev–Trinajstić information content (AvgIpc) is 2.43. The first-order chi connectivity index (χ1) is 9.58. The molecule has 2 heterocycles. The molecule has 0 unspecified atom stereocenters. The minimum atomic E-state index is -0.696. The van der Waals surface area contributed by atoms with Crippen LogP contribution in [0.1, 0.15) is 52.4 Å². The summed E-state index contributed by atoms with van der Waals surface area (Å²) in [5.41, 5.74) is -0.696. The summed E-state index contributed by atoms with van der Waals surface area (Å²) in [4.78, 5) is 26.5. The van der Waals surface area contributed by atoms with E-state index in [0.717, 1.165) is 32.3 Å². The molecule has 0 aromatic heterocycles. The van der Waals surface area contributed by atoms with E-state index < -0.39 is 5.54 Å². The van der Waals surface area contributed by atoms with Gasteiger partial charge < -0.3 is 15.0 Å². The largest absolute Gasteiger partial charge is 0.378 e. The van der Waals surface area contributed by atoms with Crippen molar-refractivity contribution in [2.24, 2.45) is 0 Å². The summed E-state index contributed by atoms with van der Waals surface area (Å²) in [6.07, 6.45) is 5.20. The summed E-state index contributed by atoms with van der Waals surface area (Å²) in [5.74, 6) is 0.0335. The maximum absolute atomic E-state index is 12.6. The lowest BCUT2D eigenvalue weighted by molar-refractivity contribution is -0.153.